The van der Waals surface area contributed by atoms with Crippen molar-refractivity contribution in [3.63, 3.8) is 0 Å². The molecule has 0 unspecified atom stereocenters. The molecule has 2 N–H and O–H groups in total. The van der Waals surface area contributed by atoms with Gasteiger partial charge in [-0.15, -0.1) is 0 Å². The maximum Gasteiger partial charge on any atom is 0.166 e. The topological polar surface area (TPSA) is 84.3 Å². The quantitative estimate of drug-likeness (QED) is 0.514. The minimum absolute atomic E-state index is 0.0294. The Labute approximate surface area is 143 Å². The lowest BCUT2D eigenvalue weighted by Gasteiger charge is -2.22. The van der Waals surface area contributed by atoms with E-state index in [4.69, 9.17) is 28.4 Å². The van der Waals surface area contributed by atoms with E-state index in [1.54, 1.807) is 0 Å². The molecule has 0 bridgehead atoms. The Balaban J connectivity index is 2.13. The van der Waals surface area contributed by atoms with Gasteiger partial charge in [0, 0.05) is 11.5 Å². The largest absolute Gasteiger partial charge is 0.733 e. The lowest BCUT2D eigenvalue weighted by molar-refractivity contribution is 0.292. The average Bonchev–Trinajstić information content (AvgIpc) is 2.54. The van der Waals surface area contributed by atoms with Crippen LogP contribution in [0.25, 0.3) is 10.9 Å². The SMILES string of the molecule is [O-]N(O)c1cc2c(Nc3ccc(Cl)c(Cl)c3F)ncnc2cc1F. The van der Waals surface area contributed by atoms with Crippen LogP contribution in [0.2, 0.25) is 10.0 Å². The second-order valence-corrected chi connectivity index (χ2v) is 5.45. The number of rotatable bonds is 3. The summed E-state index contributed by atoms with van der Waals surface area (Å²) < 4.78 is 27.9. The highest BCUT2D eigenvalue weighted by molar-refractivity contribution is 6.42. The van der Waals surface area contributed by atoms with Gasteiger partial charge in [0.25, 0.3) is 0 Å². The van der Waals surface area contributed by atoms with Crippen LogP contribution in [-0.4, -0.2) is 15.2 Å². The molecule has 0 saturated carbocycles. The molecule has 0 aliphatic rings. The Morgan fingerprint density at radius 3 is 2.62 bits per heavy atom. The van der Waals surface area contributed by atoms with E-state index in [0.29, 0.717) is 0 Å². The Hall–Kier alpha value is -2.26. The van der Waals surface area contributed by atoms with Crippen molar-refractivity contribution in [2.45, 2.75) is 0 Å². The van der Waals surface area contributed by atoms with Crippen LogP contribution in [0.5, 0.6) is 0 Å². The number of aromatic nitrogens is 2. The number of fused-ring (bicyclic) bond motifs is 1. The van der Waals surface area contributed by atoms with Crippen molar-refractivity contribution < 1.29 is 14.0 Å². The summed E-state index contributed by atoms with van der Waals surface area (Å²) in [6, 6.07) is 4.71. The summed E-state index contributed by atoms with van der Waals surface area (Å²) in [4.78, 5) is 7.80. The summed E-state index contributed by atoms with van der Waals surface area (Å²) in [6.07, 6.45) is 1.13. The molecule has 24 heavy (non-hydrogen) atoms. The fourth-order valence-corrected chi connectivity index (χ4v) is 2.37. The van der Waals surface area contributed by atoms with E-state index in [1.165, 1.54) is 12.1 Å². The van der Waals surface area contributed by atoms with Crippen LogP contribution < -0.4 is 10.5 Å². The third kappa shape index (κ3) is 2.92. The minimum Gasteiger partial charge on any atom is -0.733 e. The predicted molar refractivity (Wildman–Crippen MR) is 86.8 cm³/mol. The first-order valence-electron chi connectivity index (χ1n) is 6.39. The summed E-state index contributed by atoms with van der Waals surface area (Å²) in [5.41, 5.74) is -0.510. The van der Waals surface area contributed by atoms with Crippen LogP contribution in [0.4, 0.5) is 26.0 Å². The second kappa shape index (κ2) is 6.33. The fourth-order valence-electron chi connectivity index (χ4n) is 2.06. The molecule has 124 valence electrons. The van der Waals surface area contributed by atoms with Gasteiger partial charge in [0.2, 0.25) is 0 Å². The van der Waals surface area contributed by atoms with Gasteiger partial charge in [0.05, 0.1) is 26.9 Å². The van der Waals surface area contributed by atoms with Crippen molar-refractivity contribution in [3.8, 4) is 0 Å². The molecular weight excluding hydrogens is 365 g/mol. The molecular formula is C14H7Cl2F2N4O2-. The van der Waals surface area contributed by atoms with Crippen molar-refractivity contribution in [3.05, 3.63) is 57.5 Å². The molecule has 3 rings (SSSR count). The molecule has 3 aromatic rings. The zero-order valence-corrected chi connectivity index (χ0v) is 13.1. The maximum absolute atomic E-state index is 14.1. The van der Waals surface area contributed by atoms with Crippen LogP contribution in [0.1, 0.15) is 0 Å². The van der Waals surface area contributed by atoms with Crippen molar-refractivity contribution in [1.29, 1.82) is 0 Å². The number of nitrogens with one attached hydrogen (secondary N) is 1. The second-order valence-electron chi connectivity index (χ2n) is 4.66. The van der Waals surface area contributed by atoms with Crippen LogP contribution in [0.3, 0.4) is 0 Å². The highest BCUT2D eigenvalue weighted by Gasteiger charge is 2.14. The third-order valence-electron chi connectivity index (χ3n) is 3.20. The van der Waals surface area contributed by atoms with Gasteiger partial charge in [0.1, 0.15) is 18.0 Å². The lowest BCUT2D eigenvalue weighted by Crippen LogP contribution is -2.09. The van der Waals surface area contributed by atoms with E-state index >= 15 is 0 Å². The van der Waals surface area contributed by atoms with E-state index in [9.17, 15) is 14.0 Å². The van der Waals surface area contributed by atoms with Gasteiger partial charge in [-0.05, 0) is 18.2 Å². The lowest BCUT2D eigenvalue weighted by atomic mass is 10.2. The Kier molecular flexibility index (Phi) is 4.37. The summed E-state index contributed by atoms with van der Waals surface area (Å²) in [6.45, 7) is 0. The molecule has 0 aliphatic carbocycles. The van der Waals surface area contributed by atoms with Crippen molar-refractivity contribution in [2.75, 3.05) is 10.5 Å². The smallest absolute Gasteiger partial charge is 0.166 e. The van der Waals surface area contributed by atoms with Crippen molar-refractivity contribution >= 4 is 51.3 Å². The number of hydrogen-bond donors (Lipinski definition) is 2. The molecule has 1 aromatic heterocycles. The third-order valence-corrected chi connectivity index (χ3v) is 3.98. The molecule has 0 amide bonds. The summed E-state index contributed by atoms with van der Waals surface area (Å²) in [5, 5.41) is 21.9. The van der Waals surface area contributed by atoms with Crippen LogP contribution >= 0.6 is 23.2 Å². The number of nitrogens with zero attached hydrogens (tertiary/aromatic N) is 3. The number of hydrogen-bond acceptors (Lipinski definition) is 6. The van der Waals surface area contributed by atoms with Gasteiger partial charge in [-0.3, -0.25) is 5.21 Å². The van der Waals surface area contributed by atoms with Crippen LogP contribution in [0, 0.1) is 16.8 Å². The fraction of sp³-hybridized carbons (Fsp3) is 0. The molecule has 2 aromatic carbocycles. The average molecular weight is 372 g/mol. The molecule has 0 fully saturated rings. The molecule has 0 radical (unpaired) electrons. The van der Waals surface area contributed by atoms with Crippen molar-refractivity contribution in [2.24, 2.45) is 0 Å². The molecule has 0 aliphatic heterocycles. The monoisotopic (exact) mass is 371 g/mol. The Morgan fingerprint density at radius 1 is 1.17 bits per heavy atom. The van der Waals surface area contributed by atoms with E-state index in [1.807, 2.05) is 0 Å². The highest BCUT2D eigenvalue weighted by Crippen LogP contribution is 2.33. The van der Waals surface area contributed by atoms with Crippen molar-refractivity contribution in [1.82, 2.24) is 9.97 Å². The van der Waals surface area contributed by atoms with Gasteiger partial charge in [-0.25, -0.2) is 18.7 Å². The molecule has 0 saturated heterocycles. The normalized spacial score (nSPS) is 10.9. The van der Waals surface area contributed by atoms with Gasteiger partial charge < -0.3 is 15.8 Å². The maximum atomic E-state index is 14.1. The first-order chi connectivity index (χ1) is 11.4. The van der Waals surface area contributed by atoms with Crippen LogP contribution in [0.15, 0.2) is 30.6 Å². The van der Waals surface area contributed by atoms with E-state index < -0.39 is 22.5 Å². The molecule has 10 heteroatoms. The number of benzene rings is 2. The van der Waals surface area contributed by atoms with Gasteiger partial charge in [0.15, 0.2) is 5.82 Å². The molecule has 0 spiro atoms. The Morgan fingerprint density at radius 2 is 1.92 bits per heavy atom. The molecule has 1 heterocycles. The first kappa shape index (κ1) is 16.6. The zero-order chi connectivity index (χ0) is 17.4. The summed E-state index contributed by atoms with van der Waals surface area (Å²) in [7, 11) is 0. The molecule has 0 atom stereocenters. The summed E-state index contributed by atoms with van der Waals surface area (Å²) >= 11 is 11.5. The summed E-state index contributed by atoms with van der Waals surface area (Å²) in [5.74, 6) is -1.68. The van der Waals surface area contributed by atoms with E-state index in [-0.39, 0.29) is 32.5 Å². The highest BCUT2D eigenvalue weighted by atomic mass is 35.5. The van der Waals surface area contributed by atoms with E-state index in [0.717, 1.165) is 18.5 Å². The van der Waals surface area contributed by atoms with Gasteiger partial charge in [-0.1, -0.05) is 23.2 Å². The zero-order valence-electron chi connectivity index (χ0n) is 11.6. The predicted octanol–water partition coefficient (Wildman–Crippen LogP) is 4.65. The van der Waals surface area contributed by atoms with Crippen LogP contribution in [-0.2, 0) is 0 Å². The molecule has 6 nitrogen and oxygen atoms in total. The minimum atomic E-state index is -0.967. The van der Waals surface area contributed by atoms with E-state index in [2.05, 4.69) is 15.3 Å². The standard InChI is InChI=1S/C14H7Cl2F2N4O2/c15-7-1-2-9(13(18)12(7)16)21-14-6-3-11(22(23)24)8(17)4-10(6)19-5-20-14/h1-5,23H,(H,19,20,21)/q-1. The first-order valence-corrected chi connectivity index (χ1v) is 7.15. The van der Waals surface area contributed by atoms with Gasteiger partial charge >= 0.3 is 0 Å². The number of anilines is 3. The van der Waals surface area contributed by atoms with Gasteiger partial charge in [-0.2, -0.15) is 0 Å². The Bertz CT molecular complexity index is 940. The number of halogens is 4.